The molecule has 2 heterocycles. The van der Waals surface area contributed by atoms with Gasteiger partial charge in [0.1, 0.15) is 10.4 Å². The molecule has 1 aromatic heterocycles. The monoisotopic (exact) mass is 284 g/mol. The third kappa shape index (κ3) is 2.52. The number of halogens is 1. The molecular formula is C11H13BrN2O2. The summed E-state index contributed by atoms with van der Waals surface area (Å²) in [4.78, 5) is 17.4. The lowest BCUT2D eigenvalue weighted by Crippen LogP contribution is -2.30. The summed E-state index contributed by atoms with van der Waals surface area (Å²) in [5.41, 5.74) is 0.280. The third-order valence-electron chi connectivity index (χ3n) is 2.71. The van der Waals surface area contributed by atoms with Gasteiger partial charge >= 0.3 is 5.97 Å². The number of carboxylic acid groups (broad SMARTS) is 1. The van der Waals surface area contributed by atoms with E-state index >= 15 is 0 Å². The SMILES string of the molecule is O=C(O)c1cc(Br)nc(N2CCCCC2)c1. The van der Waals surface area contributed by atoms with Crippen LogP contribution in [0.4, 0.5) is 5.82 Å². The molecule has 1 saturated heterocycles. The van der Waals surface area contributed by atoms with E-state index in [1.165, 1.54) is 12.5 Å². The van der Waals surface area contributed by atoms with Gasteiger partial charge in [-0.1, -0.05) is 0 Å². The van der Waals surface area contributed by atoms with Gasteiger partial charge in [0.05, 0.1) is 5.56 Å². The number of pyridine rings is 1. The lowest BCUT2D eigenvalue weighted by molar-refractivity contribution is 0.0696. The summed E-state index contributed by atoms with van der Waals surface area (Å²) in [5.74, 6) is -0.159. The molecule has 0 amide bonds. The predicted molar refractivity (Wildman–Crippen MR) is 65.0 cm³/mol. The Labute approximate surface area is 102 Å². The Bertz CT molecular complexity index is 403. The van der Waals surface area contributed by atoms with Crippen molar-refractivity contribution in [1.82, 2.24) is 4.98 Å². The van der Waals surface area contributed by atoms with Crippen LogP contribution in [0.5, 0.6) is 0 Å². The van der Waals surface area contributed by atoms with Crippen LogP contribution in [0, 0.1) is 0 Å². The molecule has 0 aromatic carbocycles. The summed E-state index contributed by atoms with van der Waals surface area (Å²) in [7, 11) is 0. The van der Waals surface area contributed by atoms with Crippen molar-refractivity contribution < 1.29 is 9.90 Å². The highest BCUT2D eigenvalue weighted by atomic mass is 79.9. The van der Waals surface area contributed by atoms with Crippen molar-refractivity contribution in [3.8, 4) is 0 Å². The molecule has 0 bridgehead atoms. The molecular weight excluding hydrogens is 272 g/mol. The number of hydrogen-bond acceptors (Lipinski definition) is 3. The molecule has 1 aliphatic rings. The van der Waals surface area contributed by atoms with E-state index in [1.54, 1.807) is 6.07 Å². The van der Waals surface area contributed by atoms with Gasteiger partial charge in [-0.25, -0.2) is 9.78 Å². The Morgan fingerprint density at radius 2 is 2.00 bits per heavy atom. The normalized spacial score (nSPS) is 16.2. The first kappa shape index (κ1) is 11.4. The fourth-order valence-corrected chi connectivity index (χ4v) is 2.32. The first-order chi connectivity index (χ1) is 7.66. The lowest BCUT2D eigenvalue weighted by Gasteiger charge is -2.27. The van der Waals surface area contributed by atoms with Crippen LogP contribution in [0.15, 0.2) is 16.7 Å². The highest BCUT2D eigenvalue weighted by Gasteiger charge is 2.15. The van der Waals surface area contributed by atoms with E-state index < -0.39 is 5.97 Å². The number of anilines is 1. The van der Waals surface area contributed by atoms with E-state index in [0.717, 1.165) is 31.7 Å². The molecule has 86 valence electrons. The summed E-state index contributed by atoms with van der Waals surface area (Å²) in [6.07, 6.45) is 3.55. The molecule has 1 aromatic rings. The number of aromatic nitrogens is 1. The first-order valence-electron chi connectivity index (χ1n) is 5.32. The largest absolute Gasteiger partial charge is 0.478 e. The number of rotatable bonds is 2. The van der Waals surface area contributed by atoms with Crippen LogP contribution in [0.2, 0.25) is 0 Å². The molecule has 0 radical (unpaired) electrons. The summed E-state index contributed by atoms with van der Waals surface area (Å²) >= 11 is 3.25. The highest BCUT2D eigenvalue weighted by Crippen LogP contribution is 2.21. The van der Waals surface area contributed by atoms with E-state index in [-0.39, 0.29) is 5.56 Å². The minimum atomic E-state index is -0.915. The highest BCUT2D eigenvalue weighted by molar-refractivity contribution is 9.10. The lowest BCUT2D eigenvalue weighted by atomic mass is 10.1. The van der Waals surface area contributed by atoms with Crippen molar-refractivity contribution in [2.75, 3.05) is 18.0 Å². The molecule has 1 N–H and O–H groups in total. The summed E-state index contributed by atoms with van der Waals surface area (Å²) < 4.78 is 0.577. The predicted octanol–water partition coefficient (Wildman–Crippen LogP) is 2.53. The number of piperidine rings is 1. The van der Waals surface area contributed by atoms with E-state index in [2.05, 4.69) is 25.8 Å². The second kappa shape index (κ2) is 4.82. The maximum atomic E-state index is 10.9. The average molecular weight is 285 g/mol. The van der Waals surface area contributed by atoms with Crippen LogP contribution in [-0.4, -0.2) is 29.1 Å². The van der Waals surface area contributed by atoms with Crippen molar-refractivity contribution in [2.45, 2.75) is 19.3 Å². The van der Waals surface area contributed by atoms with Gasteiger partial charge in [0.15, 0.2) is 0 Å². The second-order valence-corrected chi connectivity index (χ2v) is 4.70. The van der Waals surface area contributed by atoms with Crippen molar-refractivity contribution in [2.24, 2.45) is 0 Å². The van der Waals surface area contributed by atoms with Gasteiger partial charge in [0, 0.05) is 13.1 Å². The van der Waals surface area contributed by atoms with Crippen molar-refractivity contribution in [1.29, 1.82) is 0 Å². The van der Waals surface area contributed by atoms with Gasteiger partial charge in [-0.2, -0.15) is 0 Å². The van der Waals surface area contributed by atoms with Gasteiger partial charge in [-0.05, 0) is 47.3 Å². The number of hydrogen-bond donors (Lipinski definition) is 1. The van der Waals surface area contributed by atoms with Crippen molar-refractivity contribution in [3.05, 3.63) is 22.3 Å². The smallest absolute Gasteiger partial charge is 0.335 e. The zero-order valence-electron chi connectivity index (χ0n) is 8.82. The zero-order chi connectivity index (χ0) is 11.5. The molecule has 0 spiro atoms. The van der Waals surface area contributed by atoms with E-state index in [0.29, 0.717) is 4.60 Å². The standard InChI is InChI=1S/C11H13BrN2O2/c12-9-6-8(11(15)16)7-10(13-9)14-4-2-1-3-5-14/h6-7H,1-5H2,(H,15,16). The molecule has 0 atom stereocenters. The minimum absolute atomic E-state index is 0.280. The van der Waals surface area contributed by atoms with Crippen LogP contribution in [0.25, 0.3) is 0 Å². The fourth-order valence-electron chi connectivity index (χ4n) is 1.89. The summed E-state index contributed by atoms with van der Waals surface area (Å²) in [6.45, 7) is 1.92. The summed E-state index contributed by atoms with van der Waals surface area (Å²) in [6, 6.07) is 3.16. The number of carboxylic acids is 1. The topological polar surface area (TPSA) is 53.4 Å². The van der Waals surface area contributed by atoms with E-state index in [1.807, 2.05) is 0 Å². The second-order valence-electron chi connectivity index (χ2n) is 3.89. The molecule has 5 heteroatoms. The minimum Gasteiger partial charge on any atom is -0.478 e. The Morgan fingerprint density at radius 3 is 2.62 bits per heavy atom. The van der Waals surface area contributed by atoms with Gasteiger partial charge in [0.2, 0.25) is 0 Å². The Morgan fingerprint density at radius 1 is 1.31 bits per heavy atom. The van der Waals surface area contributed by atoms with Crippen molar-refractivity contribution >= 4 is 27.7 Å². The molecule has 4 nitrogen and oxygen atoms in total. The Hall–Kier alpha value is -1.10. The van der Waals surface area contributed by atoms with Crippen molar-refractivity contribution in [3.63, 3.8) is 0 Å². The van der Waals surface area contributed by atoms with Crippen LogP contribution in [-0.2, 0) is 0 Å². The Kier molecular flexibility index (Phi) is 3.43. The molecule has 0 unspecified atom stereocenters. The molecule has 0 saturated carbocycles. The van der Waals surface area contributed by atoms with Crippen LogP contribution >= 0.6 is 15.9 Å². The average Bonchev–Trinajstić information content (AvgIpc) is 2.29. The summed E-state index contributed by atoms with van der Waals surface area (Å²) in [5, 5.41) is 8.96. The first-order valence-corrected chi connectivity index (χ1v) is 6.12. The maximum absolute atomic E-state index is 10.9. The molecule has 1 aliphatic heterocycles. The number of carbonyl (C=O) groups is 1. The molecule has 1 fully saturated rings. The molecule has 16 heavy (non-hydrogen) atoms. The zero-order valence-corrected chi connectivity index (χ0v) is 10.4. The Balaban J connectivity index is 2.28. The van der Waals surface area contributed by atoms with Crippen LogP contribution in [0.1, 0.15) is 29.6 Å². The quantitative estimate of drug-likeness (QED) is 0.848. The van der Waals surface area contributed by atoms with Crippen LogP contribution in [0.3, 0.4) is 0 Å². The van der Waals surface area contributed by atoms with Gasteiger partial charge in [-0.15, -0.1) is 0 Å². The molecule has 2 rings (SSSR count). The van der Waals surface area contributed by atoms with Gasteiger partial charge < -0.3 is 10.0 Å². The number of aromatic carboxylic acids is 1. The fraction of sp³-hybridized carbons (Fsp3) is 0.455. The van der Waals surface area contributed by atoms with Gasteiger partial charge in [0.25, 0.3) is 0 Å². The third-order valence-corrected chi connectivity index (χ3v) is 3.11. The van der Waals surface area contributed by atoms with Crippen LogP contribution < -0.4 is 4.90 Å². The van der Waals surface area contributed by atoms with E-state index in [9.17, 15) is 4.79 Å². The number of nitrogens with zero attached hydrogens (tertiary/aromatic N) is 2. The maximum Gasteiger partial charge on any atom is 0.335 e. The van der Waals surface area contributed by atoms with Gasteiger partial charge in [-0.3, -0.25) is 0 Å². The van der Waals surface area contributed by atoms with E-state index in [4.69, 9.17) is 5.11 Å². The molecule has 0 aliphatic carbocycles.